The van der Waals surface area contributed by atoms with Crippen LogP contribution in [0.4, 0.5) is 13.2 Å². The summed E-state index contributed by atoms with van der Waals surface area (Å²) in [7, 11) is 2.80. The summed E-state index contributed by atoms with van der Waals surface area (Å²) in [6, 6.07) is 0. The maximum atomic E-state index is 12.9. The number of halogens is 3. The van der Waals surface area contributed by atoms with Crippen molar-refractivity contribution in [2.75, 3.05) is 26.7 Å². The Kier molecular flexibility index (Phi) is 10.5. The molecule has 3 aliphatic rings. The number of alkyl halides is 3. The molecule has 2 saturated heterocycles. The van der Waals surface area contributed by atoms with Crippen LogP contribution in [-0.2, 0) is 62.8 Å². The molecule has 6 atom stereocenters. The van der Waals surface area contributed by atoms with Gasteiger partial charge >= 0.3 is 30.1 Å². The van der Waals surface area contributed by atoms with Crippen LogP contribution in [0.3, 0.4) is 0 Å². The summed E-state index contributed by atoms with van der Waals surface area (Å²) in [5.74, 6) is -3.38. The zero-order valence-corrected chi connectivity index (χ0v) is 27.3. The van der Waals surface area contributed by atoms with Crippen molar-refractivity contribution in [3.63, 3.8) is 0 Å². The van der Waals surface area contributed by atoms with Crippen molar-refractivity contribution in [1.29, 1.82) is 0 Å². The smallest absolute Gasteiger partial charge is 0.390 e. The number of aromatic nitrogens is 3. The first kappa shape index (κ1) is 35.3. The maximum Gasteiger partial charge on any atom is 0.390 e. The van der Waals surface area contributed by atoms with E-state index < -0.39 is 67.2 Å². The Balaban J connectivity index is 1.54. The third kappa shape index (κ3) is 7.66. The molecule has 0 N–H and O–H groups in total. The molecule has 0 spiro atoms. The summed E-state index contributed by atoms with van der Waals surface area (Å²) in [5, 5.41) is 5.60. The molecule has 264 valence electrons. The number of rotatable bonds is 9. The molecule has 1 aliphatic carbocycles. The fourth-order valence-electron chi connectivity index (χ4n) is 6.75. The lowest BCUT2D eigenvalue weighted by Gasteiger charge is -2.43. The average molecular weight is 685 g/mol. The topological polar surface area (TPSA) is 158 Å². The normalized spacial score (nSPS) is 26.1. The highest BCUT2D eigenvalue weighted by atomic mass is 19.4. The number of ether oxygens (including phenoxy) is 6. The number of hydrogen-bond donors (Lipinski definition) is 0. The fourth-order valence-corrected chi connectivity index (χ4v) is 6.75. The summed E-state index contributed by atoms with van der Waals surface area (Å²) in [5.41, 5.74) is 2.89. The van der Waals surface area contributed by atoms with E-state index in [2.05, 4.69) is 0 Å². The molecule has 0 bridgehead atoms. The van der Waals surface area contributed by atoms with E-state index in [1.807, 2.05) is 0 Å². The molecule has 2 fully saturated rings. The number of nitrogens with zero attached hydrogens (tertiary/aromatic N) is 4. The van der Waals surface area contributed by atoms with Gasteiger partial charge in [-0.3, -0.25) is 19.1 Å². The number of hydrogen-bond acceptors (Lipinski definition) is 13. The van der Waals surface area contributed by atoms with Gasteiger partial charge in [0.05, 0.1) is 19.2 Å². The van der Waals surface area contributed by atoms with Crippen LogP contribution in [0.15, 0.2) is 0 Å². The van der Waals surface area contributed by atoms with Gasteiger partial charge in [0, 0.05) is 57.8 Å². The highest BCUT2D eigenvalue weighted by Gasteiger charge is 2.56. The monoisotopic (exact) mass is 684 g/mol. The molecular weight excluding hydrogens is 645 g/mol. The average Bonchev–Trinajstić information content (AvgIpc) is 3.62. The molecule has 4 heterocycles. The van der Waals surface area contributed by atoms with Crippen molar-refractivity contribution < 1.29 is 60.8 Å². The molecule has 5 rings (SSSR count). The van der Waals surface area contributed by atoms with Crippen LogP contribution >= 0.6 is 0 Å². The molecule has 2 aromatic heterocycles. The van der Waals surface area contributed by atoms with E-state index in [-0.39, 0.29) is 18.3 Å². The summed E-state index contributed by atoms with van der Waals surface area (Å²) in [6.07, 6.45) is -9.38. The molecule has 48 heavy (non-hydrogen) atoms. The van der Waals surface area contributed by atoms with Crippen molar-refractivity contribution in [1.82, 2.24) is 19.7 Å². The molecule has 0 saturated carbocycles. The van der Waals surface area contributed by atoms with Crippen molar-refractivity contribution in [3.8, 4) is 5.88 Å². The predicted octanol–water partition coefficient (Wildman–Crippen LogP) is 2.66. The van der Waals surface area contributed by atoms with Gasteiger partial charge in [-0.1, -0.05) is 0 Å². The summed E-state index contributed by atoms with van der Waals surface area (Å²) < 4.78 is 73.7. The molecule has 0 radical (unpaired) electrons. The van der Waals surface area contributed by atoms with Crippen molar-refractivity contribution in [2.45, 2.75) is 102 Å². The Labute approximate surface area is 274 Å². The highest BCUT2D eigenvalue weighted by molar-refractivity contribution is 5.85. The van der Waals surface area contributed by atoms with E-state index in [1.165, 1.54) is 0 Å². The van der Waals surface area contributed by atoms with Gasteiger partial charge in [-0.25, -0.2) is 4.79 Å². The first-order valence-electron chi connectivity index (χ1n) is 15.8. The van der Waals surface area contributed by atoms with E-state index in [1.54, 1.807) is 16.6 Å². The minimum atomic E-state index is -4.23. The minimum absolute atomic E-state index is 0.0801. The van der Waals surface area contributed by atoms with Gasteiger partial charge in [0.2, 0.25) is 18.3 Å². The van der Waals surface area contributed by atoms with E-state index in [9.17, 15) is 32.3 Å². The van der Waals surface area contributed by atoms with Crippen molar-refractivity contribution in [3.05, 3.63) is 16.8 Å². The largest absolute Gasteiger partial charge is 0.467 e. The van der Waals surface area contributed by atoms with Gasteiger partial charge in [0.1, 0.15) is 0 Å². The Morgan fingerprint density at radius 3 is 2.19 bits per heavy atom. The molecule has 2 aliphatic heterocycles. The van der Waals surface area contributed by atoms with Crippen molar-refractivity contribution >= 4 is 34.9 Å². The lowest BCUT2D eigenvalue weighted by molar-refractivity contribution is -0.283. The maximum absolute atomic E-state index is 12.9. The van der Waals surface area contributed by atoms with Gasteiger partial charge < -0.3 is 33.3 Å². The van der Waals surface area contributed by atoms with Crippen LogP contribution in [0.5, 0.6) is 5.88 Å². The predicted molar refractivity (Wildman–Crippen MR) is 158 cm³/mol. The van der Waals surface area contributed by atoms with E-state index >= 15 is 0 Å². The highest BCUT2D eigenvalue weighted by Crippen LogP contribution is 2.41. The van der Waals surface area contributed by atoms with Crippen LogP contribution in [-0.4, -0.2) is 107 Å². The van der Waals surface area contributed by atoms with Crippen molar-refractivity contribution in [2.24, 2.45) is 7.05 Å². The molecule has 17 heteroatoms. The Bertz CT molecular complexity index is 1560. The van der Waals surface area contributed by atoms with Gasteiger partial charge in [-0.2, -0.15) is 23.3 Å². The third-order valence-corrected chi connectivity index (χ3v) is 8.71. The SMILES string of the molecule is COC(=O)[C@H]1O[C@@H](Oc2nc3c(c(C4CCN(CCC(F)(F)F)C4)nn3C)c3c2CCCC3)[C@H](OC(C)=O)[C@@H](OC(C)=O)[C@@H]1OC(C)=O. The molecule has 2 aromatic rings. The number of esters is 4. The lowest BCUT2D eigenvalue weighted by Crippen LogP contribution is -2.64. The van der Waals surface area contributed by atoms with E-state index in [4.69, 9.17) is 38.5 Å². The number of pyridine rings is 1. The zero-order valence-electron chi connectivity index (χ0n) is 27.3. The van der Waals surface area contributed by atoms with Gasteiger partial charge in [-0.15, -0.1) is 0 Å². The molecule has 0 amide bonds. The van der Waals surface area contributed by atoms with E-state index in [0.717, 1.165) is 62.9 Å². The van der Waals surface area contributed by atoms with Crippen LogP contribution in [0.1, 0.15) is 69.2 Å². The molecular formula is C31H39F3N4O10. The Hall–Kier alpha value is -3.99. The quantitative estimate of drug-likeness (QED) is 0.281. The van der Waals surface area contributed by atoms with Crippen LogP contribution < -0.4 is 4.74 Å². The number of likely N-dealkylation sites (tertiary alicyclic amines) is 1. The number of carbonyl (C=O) groups is 4. The third-order valence-electron chi connectivity index (χ3n) is 8.71. The first-order chi connectivity index (χ1) is 22.7. The van der Waals surface area contributed by atoms with Gasteiger partial charge in [-0.05, 0) is 44.2 Å². The first-order valence-corrected chi connectivity index (χ1v) is 15.8. The second-order valence-electron chi connectivity index (χ2n) is 12.2. The Morgan fingerprint density at radius 2 is 1.56 bits per heavy atom. The van der Waals surface area contributed by atoms with Crippen LogP contribution in [0, 0.1) is 0 Å². The second kappa shape index (κ2) is 14.2. The fraction of sp³-hybridized carbons (Fsp3) is 0.677. The van der Waals surface area contributed by atoms with Crippen LogP contribution in [0.25, 0.3) is 11.0 Å². The molecule has 0 aromatic carbocycles. The second-order valence-corrected chi connectivity index (χ2v) is 12.2. The van der Waals surface area contributed by atoms with Gasteiger partial charge in [0.25, 0.3) is 0 Å². The minimum Gasteiger partial charge on any atom is -0.467 e. The number of carbonyl (C=O) groups excluding carboxylic acids is 4. The number of fused-ring (bicyclic) bond motifs is 3. The van der Waals surface area contributed by atoms with Crippen LogP contribution in [0.2, 0.25) is 0 Å². The Morgan fingerprint density at radius 1 is 0.938 bits per heavy atom. The molecule has 1 unspecified atom stereocenters. The van der Waals surface area contributed by atoms with E-state index in [0.29, 0.717) is 38.0 Å². The van der Waals surface area contributed by atoms with Gasteiger partial charge in [0.15, 0.2) is 24.0 Å². The molecule has 14 nitrogen and oxygen atoms in total. The lowest BCUT2D eigenvalue weighted by atomic mass is 9.88. The summed E-state index contributed by atoms with van der Waals surface area (Å²) >= 11 is 0. The summed E-state index contributed by atoms with van der Waals surface area (Å²) in [4.78, 5) is 56.0. The number of methoxy groups -OCH3 is 1. The summed E-state index contributed by atoms with van der Waals surface area (Å²) in [6.45, 7) is 4.17. The zero-order chi connectivity index (χ0) is 34.9. The standard InChI is InChI=1S/C31H39F3N4O10/c1-15(39)44-23-24(45-16(2)40)26(46-17(3)41)30(47-25(23)29(42)43-5)48-28-20-9-7-6-8-19(20)21-22(36-37(4)27(21)35-28)18-10-12-38(14-18)13-11-31(32,33)34/h18,23-26,30H,6-14H2,1-5H3/t18?,23-,24-,25-,26+,30-/m0/s1. The number of aryl methyl sites for hydroxylation is 2.